The van der Waals surface area contributed by atoms with Crippen LogP contribution in [0, 0.1) is 12.7 Å². The lowest BCUT2D eigenvalue weighted by molar-refractivity contribution is -0.142. The fraction of sp³-hybridized carbons (Fsp3) is 0.333. The average Bonchev–Trinajstić information content (AvgIpc) is 3.66. The summed E-state index contributed by atoms with van der Waals surface area (Å²) in [5, 5.41) is 13.2. The lowest BCUT2D eigenvalue weighted by Crippen LogP contribution is -2.46. The topological polar surface area (TPSA) is 89.4 Å². The summed E-state index contributed by atoms with van der Waals surface area (Å²) in [4.78, 5) is 29.9. The number of ether oxygens (including phenoxy) is 1. The second-order valence-electron chi connectivity index (χ2n) is 9.13. The molecule has 10 heteroatoms. The summed E-state index contributed by atoms with van der Waals surface area (Å²) in [7, 11) is 0. The maximum Gasteiger partial charge on any atom is 0.248 e. The number of hydrogen-bond donors (Lipinski definition) is 1. The molecule has 37 heavy (non-hydrogen) atoms. The quantitative estimate of drug-likeness (QED) is 0.360. The smallest absolute Gasteiger partial charge is 0.248 e. The Bertz CT molecular complexity index is 1380. The number of carbonyl (C=O) groups is 2. The van der Waals surface area contributed by atoms with Crippen LogP contribution in [0.1, 0.15) is 34.9 Å². The summed E-state index contributed by atoms with van der Waals surface area (Å²) in [6.07, 6.45) is 1.83. The van der Waals surface area contributed by atoms with Gasteiger partial charge in [0.2, 0.25) is 11.8 Å². The number of nitrogens with one attached hydrogen (secondary N) is 1. The van der Waals surface area contributed by atoms with Gasteiger partial charge in [0.15, 0.2) is 0 Å². The van der Waals surface area contributed by atoms with Crippen LogP contribution in [-0.2, 0) is 27.4 Å². The van der Waals surface area contributed by atoms with Crippen LogP contribution in [0.5, 0.6) is 0 Å². The zero-order valence-corrected chi connectivity index (χ0v) is 21.3. The van der Waals surface area contributed by atoms with Crippen molar-refractivity contribution in [1.82, 2.24) is 25.2 Å². The van der Waals surface area contributed by atoms with E-state index in [9.17, 15) is 14.0 Å². The van der Waals surface area contributed by atoms with Crippen LogP contribution in [0.25, 0.3) is 11.0 Å². The Morgan fingerprint density at radius 1 is 1.22 bits per heavy atom. The van der Waals surface area contributed by atoms with Crippen molar-refractivity contribution in [3.05, 3.63) is 81.8 Å². The molecule has 0 bridgehead atoms. The number of halogens is 1. The summed E-state index contributed by atoms with van der Waals surface area (Å²) in [6.45, 7) is 3.03. The molecular weight excluding hydrogens is 493 g/mol. The van der Waals surface area contributed by atoms with Crippen molar-refractivity contribution in [3.63, 3.8) is 0 Å². The van der Waals surface area contributed by atoms with E-state index in [4.69, 9.17) is 4.74 Å². The van der Waals surface area contributed by atoms with E-state index in [1.807, 2.05) is 42.6 Å². The number of nitrogens with zero attached hydrogens (tertiary/aromatic N) is 4. The lowest BCUT2D eigenvalue weighted by Gasteiger charge is -2.31. The predicted octanol–water partition coefficient (Wildman–Crippen LogP) is 4.01. The molecule has 2 unspecified atom stereocenters. The highest BCUT2D eigenvalue weighted by atomic mass is 32.1. The van der Waals surface area contributed by atoms with Gasteiger partial charge in [-0.05, 0) is 66.6 Å². The summed E-state index contributed by atoms with van der Waals surface area (Å²) in [6, 6.07) is 14.4. The molecule has 0 saturated carbocycles. The Balaban J connectivity index is 1.48. The van der Waals surface area contributed by atoms with E-state index < -0.39 is 6.04 Å². The van der Waals surface area contributed by atoms with Crippen LogP contribution in [0.4, 0.5) is 4.39 Å². The minimum absolute atomic E-state index is 0.0307. The molecule has 1 aliphatic heterocycles. The van der Waals surface area contributed by atoms with Gasteiger partial charge >= 0.3 is 0 Å². The number of carbonyl (C=O) groups excluding carboxylic acids is 2. The van der Waals surface area contributed by atoms with Gasteiger partial charge < -0.3 is 15.0 Å². The molecule has 5 rings (SSSR count). The molecule has 3 heterocycles. The Morgan fingerprint density at radius 3 is 2.76 bits per heavy atom. The van der Waals surface area contributed by atoms with Crippen molar-refractivity contribution in [2.75, 3.05) is 13.2 Å². The highest BCUT2D eigenvalue weighted by Gasteiger charge is 2.34. The van der Waals surface area contributed by atoms with Gasteiger partial charge in [0.25, 0.3) is 0 Å². The van der Waals surface area contributed by atoms with Crippen LogP contribution in [0.15, 0.2) is 60.0 Å². The molecule has 1 fully saturated rings. The number of aromatic nitrogens is 3. The minimum Gasteiger partial charge on any atom is -0.376 e. The third-order valence-corrected chi connectivity index (χ3v) is 7.60. The normalized spacial score (nSPS) is 16.1. The second-order valence-corrected chi connectivity index (χ2v) is 10.1. The monoisotopic (exact) mass is 521 g/mol. The van der Waals surface area contributed by atoms with Gasteiger partial charge in [0.1, 0.15) is 23.9 Å². The van der Waals surface area contributed by atoms with E-state index in [0.717, 1.165) is 28.8 Å². The maximum absolute atomic E-state index is 13.9. The molecule has 1 aliphatic rings. The van der Waals surface area contributed by atoms with Crippen LogP contribution in [0.3, 0.4) is 0 Å². The molecule has 1 saturated heterocycles. The Labute approximate surface area is 218 Å². The molecule has 0 spiro atoms. The molecule has 2 amide bonds. The highest BCUT2D eigenvalue weighted by molar-refractivity contribution is 7.10. The molecule has 4 aromatic rings. The molecule has 2 atom stereocenters. The third kappa shape index (κ3) is 5.70. The first-order valence-electron chi connectivity index (χ1n) is 12.2. The van der Waals surface area contributed by atoms with Crippen molar-refractivity contribution < 1.29 is 18.7 Å². The number of thiophene rings is 1. The predicted molar refractivity (Wildman–Crippen MR) is 138 cm³/mol. The van der Waals surface area contributed by atoms with Crippen molar-refractivity contribution in [1.29, 1.82) is 0 Å². The average molecular weight is 522 g/mol. The molecule has 8 nitrogen and oxygen atoms in total. The fourth-order valence-corrected chi connectivity index (χ4v) is 5.58. The highest BCUT2D eigenvalue weighted by Crippen LogP contribution is 2.31. The molecule has 2 aromatic carbocycles. The van der Waals surface area contributed by atoms with Crippen molar-refractivity contribution >= 4 is 34.2 Å². The Morgan fingerprint density at radius 2 is 2.03 bits per heavy atom. The SMILES string of the molecule is Cc1ccsc1C(C(=O)NCC1CCCO1)N(Cc1ccc(F)cc1)C(=O)Cn1nnc2ccccc21. The summed E-state index contributed by atoms with van der Waals surface area (Å²) in [5.41, 5.74) is 3.04. The molecular formula is C27H28FN5O3S. The van der Waals surface area contributed by atoms with Crippen molar-refractivity contribution in [2.24, 2.45) is 0 Å². The standard InChI is InChI=1S/C27H28FN5O3S/c1-18-12-14-37-26(18)25(27(35)29-15-21-5-4-13-36-21)32(16-19-8-10-20(28)11-9-19)24(34)17-33-23-7-3-2-6-22(23)30-31-33/h2-3,6-12,14,21,25H,4-5,13,15-17H2,1H3,(H,29,35). The third-order valence-electron chi connectivity index (χ3n) is 6.53. The molecule has 1 N–H and O–H groups in total. The molecule has 0 radical (unpaired) electrons. The minimum atomic E-state index is -0.867. The van der Waals surface area contributed by atoms with Gasteiger partial charge in [-0.1, -0.05) is 29.5 Å². The van der Waals surface area contributed by atoms with E-state index in [1.165, 1.54) is 28.2 Å². The zero-order chi connectivity index (χ0) is 25.8. The van der Waals surface area contributed by atoms with E-state index in [-0.39, 0.29) is 36.8 Å². The van der Waals surface area contributed by atoms with Crippen LogP contribution in [-0.4, -0.2) is 51.0 Å². The summed E-state index contributed by atoms with van der Waals surface area (Å²) < 4.78 is 20.8. The summed E-state index contributed by atoms with van der Waals surface area (Å²) >= 11 is 1.43. The fourth-order valence-electron chi connectivity index (χ4n) is 4.55. The second kappa shape index (κ2) is 11.2. The number of aryl methyl sites for hydroxylation is 1. The van der Waals surface area contributed by atoms with Gasteiger partial charge in [-0.3, -0.25) is 9.59 Å². The van der Waals surface area contributed by atoms with Crippen LogP contribution >= 0.6 is 11.3 Å². The Kier molecular flexibility index (Phi) is 7.57. The number of hydrogen-bond acceptors (Lipinski definition) is 6. The van der Waals surface area contributed by atoms with E-state index in [1.54, 1.807) is 17.0 Å². The van der Waals surface area contributed by atoms with Gasteiger partial charge in [0.05, 0.1) is 11.6 Å². The van der Waals surface area contributed by atoms with Crippen LogP contribution in [0.2, 0.25) is 0 Å². The van der Waals surface area contributed by atoms with Gasteiger partial charge in [-0.25, -0.2) is 9.07 Å². The number of fused-ring (bicyclic) bond motifs is 1. The lowest BCUT2D eigenvalue weighted by atomic mass is 10.1. The number of para-hydroxylation sites is 1. The van der Waals surface area contributed by atoms with E-state index in [0.29, 0.717) is 24.2 Å². The first-order chi connectivity index (χ1) is 18.0. The number of benzene rings is 2. The van der Waals surface area contributed by atoms with Gasteiger partial charge in [-0.15, -0.1) is 16.4 Å². The first-order valence-corrected chi connectivity index (χ1v) is 13.1. The van der Waals surface area contributed by atoms with E-state index in [2.05, 4.69) is 15.6 Å². The summed E-state index contributed by atoms with van der Waals surface area (Å²) in [5.74, 6) is -0.944. The number of rotatable bonds is 9. The first kappa shape index (κ1) is 25.0. The van der Waals surface area contributed by atoms with Crippen molar-refractivity contribution in [2.45, 2.75) is 45.0 Å². The number of amides is 2. The Hall–Kier alpha value is -3.63. The molecule has 2 aromatic heterocycles. The van der Waals surface area contributed by atoms with Crippen LogP contribution < -0.4 is 5.32 Å². The zero-order valence-electron chi connectivity index (χ0n) is 20.5. The maximum atomic E-state index is 13.9. The molecule has 0 aliphatic carbocycles. The van der Waals surface area contributed by atoms with E-state index >= 15 is 0 Å². The largest absolute Gasteiger partial charge is 0.376 e. The molecule has 192 valence electrons. The van der Waals surface area contributed by atoms with Gasteiger partial charge in [-0.2, -0.15) is 0 Å². The van der Waals surface area contributed by atoms with Crippen molar-refractivity contribution in [3.8, 4) is 0 Å². The van der Waals surface area contributed by atoms with Gasteiger partial charge in [0, 0.05) is 24.6 Å².